The number of hydrogen-bond donors (Lipinski definition) is 1. The van der Waals surface area contributed by atoms with Crippen LogP contribution >= 0.6 is 11.3 Å². The van der Waals surface area contributed by atoms with Gasteiger partial charge in [0.15, 0.2) is 0 Å². The lowest BCUT2D eigenvalue weighted by Gasteiger charge is -2.08. The van der Waals surface area contributed by atoms with E-state index in [0.29, 0.717) is 19.6 Å². The second-order valence-corrected chi connectivity index (χ2v) is 8.83. The number of nitrogens with one attached hydrogen (secondary N) is 1. The molecule has 0 fully saturated rings. The van der Waals surface area contributed by atoms with Crippen molar-refractivity contribution in [3.05, 3.63) is 94.9 Å². The molecule has 4 nitrogen and oxygen atoms in total. The average Bonchev–Trinajstić information content (AvgIpc) is 3.34. The Morgan fingerprint density at radius 3 is 2.27 bits per heavy atom. The van der Waals surface area contributed by atoms with Gasteiger partial charge in [-0.2, -0.15) is 0 Å². The van der Waals surface area contributed by atoms with E-state index in [1.54, 1.807) is 11.3 Å². The van der Waals surface area contributed by atoms with Crippen molar-refractivity contribution >= 4 is 17.2 Å². The predicted octanol–water partition coefficient (Wildman–Crippen LogP) is 6.43. The Bertz CT molecular complexity index is 1180. The molecule has 1 heterocycles. The second-order valence-electron chi connectivity index (χ2n) is 7.97. The van der Waals surface area contributed by atoms with E-state index in [0.717, 1.165) is 39.6 Å². The quantitative estimate of drug-likeness (QED) is 0.316. The molecule has 1 N–H and O–H groups in total. The zero-order chi connectivity index (χ0) is 23.0. The Kier molecular flexibility index (Phi) is 7.53. The highest BCUT2D eigenvalue weighted by molar-refractivity contribution is 7.13. The molecular formula is C28H28N2O2S. The molecule has 3 aromatic carbocycles. The topological polar surface area (TPSA) is 51.2 Å². The van der Waals surface area contributed by atoms with Crippen molar-refractivity contribution in [2.45, 2.75) is 33.2 Å². The standard InChI is InChI=1S/C28H28N2O2S/c1-3-21-8-14-25(15-9-21)32-17-16-27(31)29-18-22-6-12-24(13-7-22)28-30-26(19-33-28)23-10-4-20(2)5-11-23/h4-15,19H,3,16-18H2,1-2H3,(H,29,31). The molecule has 0 saturated heterocycles. The number of rotatable bonds is 9. The third-order valence-electron chi connectivity index (χ3n) is 5.47. The Morgan fingerprint density at radius 2 is 1.58 bits per heavy atom. The number of nitrogens with zero attached hydrogens (tertiary/aromatic N) is 1. The monoisotopic (exact) mass is 456 g/mol. The van der Waals surface area contributed by atoms with Crippen LogP contribution in [0.2, 0.25) is 0 Å². The summed E-state index contributed by atoms with van der Waals surface area (Å²) in [6.07, 6.45) is 1.33. The van der Waals surface area contributed by atoms with Crippen molar-refractivity contribution < 1.29 is 9.53 Å². The molecule has 33 heavy (non-hydrogen) atoms. The van der Waals surface area contributed by atoms with Crippen molar-refractivity contribution in [1.29, 1.82) is 0 Å². The minimum atomic E-state index is -0.0214. The van der Waals surface area contributed by atoms with Crippen molar-refractivity contribution in [1.82, 2.24) is 10.3 Å². The number of amides is 1. The Balaban J connectivity index is 1.24. The highest BCUT2D eigenvalue weighted by Crippen LogP contribution is 2.29. The number of thiazole rings is 1. The SMILES string of the molecule is CCc1ccc(OCCC(=O)NCc2ccc(-c3nc(-c4ccc(C)cc4)cs3)cc2)cc1. The molecule has 0 spiro atoms. The van der Waals surface area contributed by atoms with E-state index in [4.69, 9.17) is 9.72 Å². The van der Waals surface area contributed by atoms with Crippen molar-refractivity contribution in [3.63, 3.8) is 0 Å². The number of carbonyl (C=O) groups excluding carboxylic acids is 1. The Hall–Kier alpha value is -3.44. The third kappa shape index (κ3) is 6.30. The van der Waals surface area contributed by atoms with Crippen LogP contribution in [0.3, 0.4) is 0 Å². The first-order valence-corrected chi connectivity index (χ1v) is 12.1. The highest BCUT2D eigenvalue weighted by atomic mass is 32.1. The van der Waals surface area contributed by atoms with Gasteiger partial charge in [0.05, 0.1) is 18.7 Å². The predicted molar refractivity (Wildman–Crippen MR) is 136 cm³/mol. The molecular weight excluding hydrogens is 428 g/mol. The van der Waals surface area contributed by atoms with Gasteiger partial charge in [0.1, 0.15) is 10.8 Å². The molecule has 0 unspecified atom stereocenters. The summed E-state index contributed by atoms with van der Waals surface area (Å²) in [5.41, 5.74) is 6.77. The Labute approximate surface area is 199 Å². The summed E-state index contributed by atoms with van der Waals surface area (Å²) in [6.45, 7) is 5.07. The van der Waals surface area contributed by atoms with E-state index >= 15 is 0 Å². The number of aryl methyl sites for hydroxylation is 2. The molecule has 0 aliphatic rings. The van der Waals surface area contributed by atoms with Gasteiger partial charge in [-0.05, 0) is 36.6 Å². The van der Waals surface area contributed by atoms with Crippen LogP contribution in [0.25, 0.3) is 21.8 Å². The molecule has 1 amide bonds. The van der Waals surface area contributed by atoms with Gasteiger partial charge in [0, 0.05) is 23.1 Å². The van der Waals surface area contributed by atoms with Crippen molar-refractivity contribution in [2.75, 3.05) is 6.61 Å². The van der Waals surface area contributed by atoms with E-state index in [9.17, 15) is 4.79 Å². The minimum Gasteiger partial charge on any atom is -0.493 e. The maximum absolute atomic E-state index is 12.2. The summed E-state index contributed by atoms with van der Waals surface area (Å²) >= 11 is 1.64. The van der Waals surface area contributed by atoms with Crippen molar-refractivity contribution in [2.24, 2.45) is 0 Å². The fourth-order valence-corrected chi connectivity index (χ4v) is 4.24. The van der Waals surface area contributed by atoms with Crippen LogP contribution in [-0.4, -0.2) is 17.5 Å². The van der Waals surface area contributed by atoms with Gasteiger partial charge in [-0.15, -0.1) is 11.3 Å². The first-order chi connectivity index (χ1) is 16.1. The molecule has 0 saturated carbocycles. The summed E-state index contributed by atoms with van der Waals surface area (Å²) in [5.74, 6) is 0.773. The lowest BCUT2D eigenvalue weighted by atomic mass is 10.1. The third-order valence-corrected chi connectivity index (χ3v) is 6.36. The summed E-state index contributed by atoms with van der Waals surface area (Å²) in [6, 6.07) is 24.6. The summed E-state index contributed by atoms with van der Waals surface area (Å²) < 4.78 is 5.67. The second kappa shape index (κ2) is 10.9. The van der Waals surface area contributed by atoms with Crippen LogP contribution < -0.4 is 10.1 Å². The molecule has 0 aliphatic carbocycles. The van der Waals surface area contributed by atoms with E-state index in [1.807, 2.05) is 36.4 Å². The summed E-state index contributed by atoms with van der Waals surface area (Å²) in [4.78, 5) is 16.9. The van der Waals surface area contributed by atoms with Crippen LogP contribution in [0.15, 0.2) is 78.2 Å². The zero-order valence-corrected chi connectivity index (χ0v) is 19.8. The van der Waals surface area contributed by atoms with E-state index in [2.05, 4.69) is 60.9 Å². The van der Waals surface area contributed by atoms with Crippen LogP contribution in [0.1, 0.15) is 30.0 Å². The van der Waals surface area contributed by atoms with Gasteiger partial charge in [-0.3, -0.25) is 4.79 Å². The Morgan fingerprint density at radius 1 is 0.909 bits per heavy atom. The average molecular weight is 457 g/mol. The van der Waals surface area contributed by atoms with E-state index in [-0.39, 0.29) is 5.91 Å². The van der Waals surface area contributed by atoms with Crippen molar-refractivity contribution in [3.8, 4) is 27.6 Å². The van der Waals surface area contributed by atoms with Crippen LogP contribution in [-0.2, 0) is 17.8 Å². The molecule has 4 aromatic rings. The number of hydrogen-bond acceptors (Lipinski definition) is 4. The van der Waals surface area contributed by atoms with Gasteiger partial charge in [-0.25, -0.2) is 4.98 Å². The number of carbonyl (C=O) groups is 1. The lowest BCUT2D eigenvalue weighted by molar-refractivity contribution is -0.121. The molecule has 0 radical (unpaired) electrons. The fourth-order valence-electron chi connectivity index (χ4n) is 3.40. The lowest BCUT2D eigenvalue weighted by Crippen LogP contribution is -2.24. The number of ether oxygens (including phenoxy) is 1. The maximum Gasteiger partial charge on any atom is 0.223 e. The molecule has 1 aromatic heterocycles. The maximum atomic E-state index is 12.2. The van der Waals surface area contributed by atoms with Gasteiger partial charge < -0.3 is 10.1 Å². The number of aromatic nitrogens is 1. The fraction of sp³-hybridized carbons (Fsp3) is 0.214. The molecule has 5 heteroatoms. The van der Waals surface area contributed by atoms with Gasteiger partial charge in [0.2, 0.25) is 5.91 Å². The normalized spacial score (nSPS) is 10.7. The smallest absolute Gasteiger partial charge is 0.223 e. The molecule has 0 aliphatic heterocycles. The molecule has 168 valence electrons. The number of benzene rings is 3. The van der Waals surface area contributed by atoms with Gasteiger partial charge in [0.25, 0.3) is 0 Å². The molecule has 0 atom stereocenters. The van der Waals surface area contributed by atoms with Gasteiger partial charge >= 0.3 is 0 Å². The largest absolute Gasteiger partial charge is 0.493 e. The summed E-state index contributed by atoms with van der Waals surface area (Å²) in [7, 11) is 0. The van der Waals surface area contributed by atoms with E-state index in [1.165, 1.54) is 11.1 Å². The summed E-state index contributed by atoms with van der Waals surface area (Å²) in [5, 5.41) is 6.04. The van der Waals surface area contributed by atoms with Gasteiger partial charge in [-0.1, -0.05) is 73.2 Å². The molecule has 0 bridgehead atoms. The zero-order valence-electron chi connectivity index (χ0n) is 19.0. The van der Waals surface area contributed by atoms with Crippen LogP contribution in [0, 0.1) is 6.92 Å². The van der Waals surface area contributed by atoms with Crippen LogP contribution in [0.5, 0.6) is 5.75 Å². The first kappa shape index (κ1) is 22.7. The first-order valence-electron chi connectivity index (χ1n) is 11.2. The minimum absolute atomic E-state index is 0.0214. The van der Waals surface area contributed by atoms with E-state index < -0.39 is 0 Å². The highest BCUT2D eigenvalue weighted by Gasteiger charge is 2.08. The molecule has 4 rings (SSSR count). The van der Waals surface area contributed by atoms with Crippen LogP contribution in [0.4, 0.5) is 0 Å².